The molecule has 1 aliphatic carbocycles. The second-order valence-electron chi connectivity index (χ2n) is 4.99. The van der Waals surface area contributed by atoms with E-state index < -0.39 is 11.8 Å². The maximum atomic E-state index is 13.5. The molecule has 0 aliphatic heterocycles. The highest BCUT2D eigenvalue weighted by Gasteiger charge is 2.22. The summed E-state index contributed by atoms with van der Waals surface area (Å²) in [6, 6.07) is 3.97. The fourth-order valence-electron chi connectivity index (χ4n) is 2.47. The van der Waals surface area contributed by atoms with E-state index in [9.17, 15) is 14.3 Å². The standard InChI is InChI=1S/C14H18FNO3/c15-12-7-10(5-6-11(12)14(18)19)16-8-9-3-1-2-4-13(9)17/h5-7,9,13,16-17H,1-4,8H2,(H,18,19). The fraction of sp³-hybridized carbons (Fsp3) is 0.500. The van der Waals surface area contributed by atoms with Gasteiger partial charge in [-0.15, -0.1) is 0 Å². The molecule has 1 aliphatic rings. The lowest BCUT2D eigenvalue weighted by atomic mass is 9.86. The van der Waals surface area contributed by atoms with Gasteiger partial charge in [-0.2, -0.15) is 0 Å². The van der Waals surface area contributed by atoms with E-state index in [4.69, 9.17) is 5.11 Å². The average molecular weight is 267 g/mol. The van der Waals surface area contributed by atoms with Crippen LogP contribution >= 0.6 is 0 Å². The Hall–Kier alpha value is -1.62. The van der Waals surface area contributed by atoms with Crippen LogP contribution in [-0.2, 0) is 0 Å². The van der Waals surface area contributed by atoms with E-state index in [1.807, 2.05) is 0 Å². The first-order valence-electron chi connectivity index (χ1n) is 6.52. The van der Waals surface area contributed by atoms with Crippen molar-refractivity contribution in [2.24, 2.45) is 5.92 Å². The first-order valence-corrected chi connectivity index (χ1v) is 6.52. The fourth-order valence-corrected chi connectivity index (χ4v) is 2.47. The molecular weight excluding hydrogens is 249 g/mol. The first-order chi connectivity index (χ1) is 9.08. The minimum Gasteiger partial charge on any atom is -0.478 e. The lowest BCUT2D eigenvalue weighted by Gasteiger charge is -2.28. The summed E-state index contributed by atoms with van der Waals surface area (Å²) in [5.74, 6) is -1.84. The van der Waals surface area contributed by atoms with E-state index in [-0.39, 0.29) is 17.6 Å². The number of nitrogens with one attached hydrogen (secondary N) is 1. The van der Waals surface area contributed by atoms with Crippen molar-refractivity contribution in [1.82, 2.24) is 0 Å². The molecule has 4 nitrogen and oxygen atoms in total. The van der Waals surface area contributed by atoms with Crippen molar-refractivity contribution >= 4 is 11.7 Å². The highest BCUT2D eigenvalue weighted by Crippen LogP contribution is 2.25. The quantitative estimate of drug-likeness (QED) is 0.784. The zero-order valence-corrected chi connectivity index (χ0v) is 10.6. The van der Waals surface area contributed by atoms with Gasteiger partial charge in [0, 0.05) is 18.2 Å². The molecule has 1 aromatic rings. The SMILES string of the molecule is O=C(O)c1ccc(NCC2CCCCC2O)cc1F. The third-order valence-electron chi connectivity index (χ3n) is 3.64. The normalized spacial score (nSPS) is 23.1. The number of aliphatic hydroxyl groups is 1. The number of aliphatic hydroxyl groups excluding tert-OH is 1. The Labute approximate surface area is 111 Å². The number of carboxylic acids is 1. The Morgan fingerprint density at radius 1 is 1.37 bits per heavy atom. The second-order valence-corrected chi connectivity index (χ2v) is 4.99. The van der Waals surface area contributed by atoms with E-state index in [1.54, 1.807) is 6.07 Å². The van der Waals surface area contributed by atoms with Crippen molar-refractivity contribution in [2.75, 3.05) is 11.9 Å². The van der Waals surface area contributed by atoms with E-state index in [1.165, 1.54) is 12.1 Å². The van der Waals surface area contributed by atoms with Crippen LogP contribution in [-0.4, -0.2) is 28.8 Å². The van der Waals surface area contributed by atoms with Gasteiger partial charge in [0.05, 0.1) is 11.7 Å². The lowest BCUT2D eigenvalue weighted by molar-refractivity contribution is 0.0692. The van der Waals surface area contributed by atoms with Crippen LogP contribution in [0.2, 0.25) is 0 Å². The highest BCUT2D eigenvalue weighted by atomic mass is 19.1. The molecule has 0 amide bonds. The van der Waals surface area contributed by atoms with Gasteiger partial charge in [-0.1, -0.05) is 12.8 Å². The molecule has 0 bridgehead atoms. The predicted molar refractivity (Wildman–Crippen MR) is 69.8 cm³/mol. The van der Waals surface area contributed by atoms with Crippen LogP contribution in [0.5, 0.6) is 0 Å². The third kappa shape index (κ3) is 3.44. The van der Waals surface area contributed by atoms with Gasteiger partial charge in [-0.3, -0.25) is 0 Å². The number of rotatable bonds is 4. The van der Waals surface area contributed by atoms with Crippen LogP contribution in [0.4, 0.5) is 10.1 Å². The Bertz CT molecular complexity index is 464. The maximum absolute atomic E-state index is 13.5. The van der Waals surface area contributed by atoms with Crippen molar-refractivity contribution in [1.29, 1.82) is 0 Å². The maximum Gasteiger partial charge on any atom is 0.338 e. The number of carbonyl (C=O) groups is 1. The molecule has 104 valence electrons. The van der Waals surface area contributed by atoms with Crippen molar-refractivity contribution in [3.05, 3.63) is 29.6 Å². The summed E-state index contributed by atoms with van der Waals surface area (Å²) >= 11 is 0. The van der Waals surface area contributed by atoms with Crippen molar-refractivity contribution in [3.63, 3.8) is 0 Å². The van der Waals surface area contributed by atoms with E-state index >= 15 is 0 Å². The molecule has 0 aromatic heterocycles. The largest absolute Gasteiger partial charge is 0.478 e. The number of carboxylic acid groups (broad SMARTS) is 1. The Balaban J connectivity index is 1.96. The van der Waals surface area contributed by atoms with Crippen LogP contribution in [0.15, 0.2) is 18.2 Å². The predicted octanol–water partition coefficient (Wildman–Crippen LogP) is 2.49. The van der Waals surface area contributed by atoms with Gasteiger partial charge in [-0.05, 0) is 31.0 Å². The number of benzene rings is 1. The number of aromatic carboxylic acids is 1. The van der Waals surface area contributed by atoms with Gasteiger partial charge in [0.25, 0.3) is 0 Å². The summed E-state index contributed by atoms with van der Waals surface area (Å²) < 4.78 is 13.5. The zero-order valence-electron chi connectivity index (χ0n) is 10.6. The minimum atomic E-state index is -1.27. The van der Waals surface area contributed by atoms with Gasteiger partial charge in [0.2, 0.25) is 0 Å². The number of hydrogen-bond donors (Lipinski definition) is 3. The molecule has 5 heteroatoms. The van der Waals surface area contributed by atoms with Crippen molar-refractivity contribution in [2.45, 2.75) is 31.8 Å². The van der Waals surface area contributed by atoms with Crippen LogP contribution in [0.25, 0.3) is 0 Å². The number of anilines is 1. The van der Waals surface area contributed by atoms with Crippen LogP contribution in [0.1, 0.15) is 36.0 Å². The minimum absolute atomic E-state index is 0.177. The molecule has 2 unspecified atom stereocenters. The monoisotopic (exact) mass is 267 g/mol. The van der Waals surface area contributed by atoms with Crippen LogP contribution in [0.3, 0.4) is 0 Å². The molecule has 0 saturated heterocycles. The van der Waals surface area contributed by atoms with Crippen LogP contribution in [0, 0.1) is 11.7 Å². The molecule has 1 fully saturated rings. The summed E-state index contributed by atoms with van der Waals surface area (Å²) in [5, 5.41) is 21.6. The van der Waals surface area contributed by atoms with Gasteiger partial charge in [-0.25, -0.2) is 9.18 Å². The number of hydrogen-bond acceptors (Lipinski definition) is 3. The highest BCUT2D eigenvalue weighted by molar-refractivity contribution is 5.88. The molecule has 0 spiro atoms. The summed E-state index contributed by atoms with van der Waals surface area (Å²) in [7, 11) is 0. The molecular formula is C14H18FNO3. The Morgan fingerprint density at radius 2 is 2.11 bits per heavy atom. The van der Waals surface area contributed by atoms with Gasteiger partial charge < -0.3 is 15.5 Å². The summed E-state index contributed by atoms with van der Waals surface area (Å²) in [6.45, 7) is 0.576. The Kier molecular flexibility index (Phi) is 4.37. The summed E-state index contributed by atoms with van der Waals surface area (Å²) in [5.41, 5.74) is 0.212. The van der Waals surface area contributed by atoms with E-state index in [0.717, 1.165) is 25.7 Å². The third-order valence-corrected chi connectivity index (χ3v) is 3.64. The topological polar surface area (TPSA) is 69.6 Å². The van der Waals surface area contributed by atoms with E-state index in [0.29, 0.717) is 12.2 Å². The van der Waals surface area contributed by atoms with Gasteiger partial charge in [0.1, 0.15) is 5.82 Å². The summed E-state index contributed by atoms with van der Waals surface area (Å²) in [6.07, 6.45) is 3.64. The first kappa shape index (κ1) is 13.8. The second kappa shape index (κ2) is 6.02. The molecule has 19 heavy (non-hydrogen) atoms. The molecule has 0 heterocycles. The molecule has 3 N–H and O–H groups in total. The van der Waals surface area contributed by atoms with Gasteiger partial charge in [0.15, 0.2) is 0 Å². The zero-order chi connectivity index (χ0) is 13.8. The van der Waals surface area contributed by atoms with E-state index in [2.05, 4.69) is 5.32 Å². The summed E-state index contributed by atoms with van der Waals surface area (Å²) in [4.78, 5) is 10.7. The Morgan fingerprint density at radius 3 is 2.74 bits per heavy atom. The van der Waals surface area contributed by atoms with Gasteiger partial charge >= 0.3 is 5.97 Å². The average Bonchev–Trinajstić information content (AvgIpc) is 2.37. The molecule has 1 aromatic carbocycles. The van der Waals surface area contributed by atoms with Crippen LogP contribution < -0.4 is 5.32 Å². The number of halogens is 1. The smallest absolute Gasteiger partial charge is 0.338 e. The molecule has 0 radical (unpaired) electrons. The molecule has 2 rings (SSSR count). The molecule has 2 atom stereocenters. The molecule has 1 saturated carbocycles. The van der Waals surface area contributed by atoms with Crippen molar-refractivity contribution in [3.8, 4) is 0 Å². The lowest BCUT2D eigenvalue weighted by Crippen LogP contribution is -2.30. The van der Waals surface area contributed by atoms with Crippen molar-refractivity contribution < 1.29 is 19.4 Å².